The zero-order valence-electron chi connectivity index (χ0n) is 17.7. The van der Waals surface area contributed by atoms with Gasteiger partial charge >= 0.3 is 0 Å². The molecule has 1 saturated heterocycles. The lowest BCUT2D eigenvalue weighted by Gasteiger charge is -2.14. The molecule has 3 aromatic rings. The maximum absolute atomic E-state index is 12.8. The van der Waals surface area contributed by atoms with Crippen LogP contribution in [0.25, 0.3) is 17.4 Å². The molecular formula is C23H19N3O6S. The Bertz CT molecular complexity index is 1400. The van der Waals surface area contributed by atoms with E-state index in [-0.39, 0.29) is 16.2 Å². The molecule has 0 atom stereocenters. The Hall–Kier alpha value is -4.18. The van der Waals surface area contributed by atoms with Crippen molar-refractivity contribution in [1.29, 1.82) is 0 Å². The number of aryl methyl sites for hydroxylation is 1. The third-order valence-corrected chi connectivity index (χ3v) is 6.24. The number of amides is 3. The molecule has 1 aliphatic heterocycles. The normalized spacial score (nSPS) is 15.1. The van der Waals surface area contributed by atoms with E-state index in [1.807, 2.05) is 17.7 Å². The SMILES string of the molecule is CC(=O)NS(=O)(=O)c1ccc(-c2ccc(/C=C3/C(=O)NN(c4cccc(C)c4)C3=O)o2)cc1. The number of furan rings is 1. The van der Waals surface area contributed by atoms with Crippen molar-refractivity contribution in [1.82, 2.24) is 10.1 Å². The summed E-state index contributed by atoms with van der Waals surface area (Å²) in [6.45, 7) is 3.00. The van der Waals surface area contributed by atoms with E-state index in [0.717, 1.165) is 12.5 Å². The van der Waals surface area contributed by atoms with Crippen LogP contribution in [0.5, 0.6) is 0 Å². The number of carbonyl (C=O) groups is 3. The van der Waals surface area contributed by atoms with Crippen molar-refractivity contribution >= 4 is 39.5 Å². The first-order valence-corrected chi connectivity index (χ1v) is 11.3. The van der Waals surface area contributed by atoms with Crippen molar-refractivity contribution in [3.63, 3.8) is 0 Å². The average Bonchev–Trinajstić information content (AvgIpc) is 3.33. The summed E-state index contributed by atoms with van der Waals surface area (Å²) in [5.41, 5.74) is 4.53. The number of hydrogen-bond donors (Lipinski definition) is 2. The van der Waals surface area contributed by atoms with Crippen LogP contribution in [-0.4, -0.2) is 26.1 Å². The molecular weight excluding hydrogens is 446 g/mol. The summed E-state index contributed by atoms with van der Waals surface area (Å²) in [6.07, 6.45) is 1.35. The predicted octanol–water partition coefficient (Wildman–Crippen LogP) is 2.54. The number of hydrazine groups is 1. The quantitative estimate of drug-likeness (QED) is 0.441. The molecule has 0 saturated carbocycles. The topological polar surface area (TPSA) is 126 Å². The number of anilines is 1. The van der Waals surface area contributed by atoms with Crippen LogP contribution in [0.2, 0.25) is 0 Å². The van der Waals surface area contributed by atoms with Crippen LogP contribution in [0.15, 0.2) is 75.5 Å². The van der Waals surface area contributed by atoms with E-state index in [2.05, 4.69) is 5.43 Å². The second-order valence-corrected chi connectivity index (χ2v) is 9.05. The van der Waals surface area contributed by atoms with Gasteiger partial charge in [0.2, 0.25) is 5.91 Å². The fourth-order valence-electron chi connectivity index (χ4n) is 3.28. The predicted molar refractivity (Wildman–Crippen MR) is 120 cm³/mol. The molecule has 4 rings (SSSR count). The van der Waals surface area contributed by atoms with Gasteiger partial charge in [-0.25, -0.2) is 18.1 Å². The Morgan fingerprint density at radius 3 is 2.45 bits per heavy atom. The first-order chi connectivity index (χ1) is 15.6. The average molecular weight is 465 g/mol. The molecule has 9 nitrogen and oxygen atoms in total. The van der Waals surface area contributed by atoms with Crippen LogP contribution in [-0.2, 0) is 24.4 Å². The maximum Gasteiger partial charge on any atom is 0.282 e. The Kier molecular flexibility index (Phi) is 5.60. The Morgan fingerprint density at radius 2 is 1.79 bits per heavy atom. The lowest BCUT2D eigenvalue weighted by molar-refractivity contribution is -0.118. The highest BCUT2D eigenvalue weighted by Crippen LogP contribution is 2.27. The molecule has 33 heavy (non-hydrogen) atoms. The van der Waals surface area contributed by atoms with Crippen molar-refractivity contribution in [2.45, 2.75) is 18.7 Å². The molecule has 1 aromatic heterocycles. The van der Waals surface area contributed by atoms with E-state index in [0.29, 0.717) is 17.0 Å². The largest absolute Gasteiger partial charge is 0.457 e. The van der Waals surface area contributed by atoms with E-state index in [4.69, 9.17) is 4.42 Å². The number of nitrogens with one attached hydrogen (secondary N) is 2. The molecule has 0 aliphatic carbocycles. The van der Waals surface area contributed by atoms with Crippen LogP contribution >= 0.6 is 0 Å². The van der Waals surface area contributed by atoms with Crippen LogP contribution in [0.3, 0.4) is 0 Å². The summed E-state index contributed by atoms with van der Waals surface area (Å²) in [5, 5.41) is 1.18. The van der Waals surface area contributed by atoms with Crippen molar-refractivity contribution < 1.29 is 27.2 Å². The standard InChI is InChI=1S/C23H19N3O6S/c1-14-4-3-5-17(12-14)26-23(29)20(22(28)24-26)13-18-8-11-21(32-18)16-6-9-19(10-7-16)33(30,31)25-15(2)27/h3-13H,1-2H3,(H,24,28)(H,25,27)/b20-13-. The third kappa shape index (κ3) is 4.55. The first-order valence-electron chi connectivity index (χ1n) is 9.81. The summed E-state index contributed by atoms with van der Waals surface area (Å²) in [4.78, 5) is 36.1. The van der Waals surface area contributed by atoms with Crippen molar-refractivity contribution in [3.8, 4) is 11.3 Å². The van der Waals surface area contributed by atoms with Gasteiger partial charge < -0.3 is 4.42 Å². The van der Waals surface area contributed by atoms with Crippen molar-refractivity contribution in [3.05, 3.63) is 77.6 Å². The van der Waals surface area contributed by atoms with Gasteiger partial charge in [-0.15, -0.1) is 0 Å². The van der Waals surface area contributed by atoms with Gasteiger partial charge in [-0.1, -0.05) is 12.1 Å². The maximum atomic E-state index is 12.8. The summed E-state index contributed by atoms with van der Waals surface area (Å²) in [7, 11) is -3.94. The molecule has 2 aromatic carbocycles. The minimum absolute atomic E-state index is 0.0696. The van der Waals surface area contributed by atoms with Crippen LogP contribution in [0.1, 0.15) is 18.2 Å². The first kappa shape index (κ1) is 22.0. The summed E-state index contributed by atoms with van der Waals surface area (Å²) < 4.78 is 31.7. The van der Waals surface area contributed by atoms with Gasteiger partial charge in [-0.2, -0.15) is 0 Å². The van der Waals surface area contributed by atoms with E-state index < -0.39 is 27.7 Å². The van der Waals surface area contributed by atoms with Crippen LogP contribution in [0, 0.1) is 6.92 Å². The van der Waals surface area contributed by atoms with Gasteiger partial charge in [0.15, 0.2) is 0 Å². The van der Waals surface area contributed by atoms with Gasteiger partial charge in [0.05, 0.1) is 10.6 Å². The van der Waals surface area contributed by atoms with Gasteiger partial charge in [-0.05, 0) is 67.1 Å². The third-order valence-electron chi connectivity index (χ3n) is 4.79. The highest BCUT2D eigenvalue weighted by molar-refractivity contribution is 7.90. The monoisotopic (exact) mass is 465 g/mol. The van der Waals surface area contributed by atoms with E-state index in [1.54, 1.807) is 30.3 Å². The summed E-state index contributed by atoms with van der Waals surface area (Å²) in [6, 6.07) is 16.1. The molecule has 1 aliphatic rings. The summed E-state index contributed by atoms with van der Waals surface area (Å²) >= 11 is 0. The molecule has 0 bridgehead atoms. The summed E-state index contributed by atoms with van der Waals surface area (Å²) in [5.74, 6) is -1.05. The zero-order valence-corrected chi connectivity index (χ0v) is 18.5. The lowest BCUT2D eigenvalue weighted by atomic mass is 10.2. The molecule has 0 radical (unpaired) electrons. The number of carbonyl (C=O) groups excluding carboxylic acids is 3. The number of rotatable bonds is 5. The second kappa shape index (κ2) is 8.40. The van der Waals surface area contributed by atoms with Crippen molar-refractivity contribution in [2.75, 3.05) is 5.01 Å². The molecule has 0 unspecified atom stereocenters. The molecule has 2 heterocycles. The Balaban J connectivity index is 1.56. The molecule has 168 valence electrons. The number of sulfonamides is 1. The number of benzene rings is 2. The number of hydrogen-bond acceptors (Lipinski definition) is 6. The smallest absolute Gasteiger partial charge is 0.282 e. The molecule has 3 amide bonds. The van der Waals surface area contributed by atoms with Crippen molar-refractivity contribution in [2.24, 2.45) is 0 Å². The fraction of sp³-hybridized carbons (Fsp3) is 0.0870. The second-order valence-electron chi connectivity index (χ2n) is 7.37. The van der Waals surface area contributed by atoms with E-state index in [9.17, 15) is 22.8 Å². The van der Waals surface area contributed by atoms with Gasteiger partial charge in [0.1, 0.15) is 17.1 Å². The lowest BCUT2D eigenvalue weighted by Crippen LogP contribution is -2.35. The minimum Gasteiger partial charge on any atom is -0.457 e. The highest BCUT2D eigenvalue weighted by atomic mass is 32.2. The molecule has 2 N–H and O–H groups in total. The van der Waals surface area contributed by atoms with Gasteiger partial charge in [0, 0.05) is 12.5 Å². The van der Waals surface area contributed by atoms with Gasteiger partial charge in [0.25, 0.3) is 21.8 Å². The number of nitrogens with zero attached hydrogens (tertiary/aromatic N) is 1. The van der Waals surface area contributed by atoms with Gasteiger partial charge in [-0.3, -0.25) is 19.8 Å². The Labute approximate surface area is 189 Å². The Morgan fingerprint density at radius 1 is 1.06 bits per heavy atom. The minimum atomic E-state index is -3.94. The van der Waals surface area contributed by atoms with Crippen LogP contribution in [0.4, 0.5) is 5.69 Å². The molecule has 1 fully saturated rings. The van der Waals surface area contributed by atoms with E-state index in [1.165, 1.54) is 35.4 Å². The fourth-order valence-corrected chi connectivity index (χ4v) is 4.27. The van der Waals surface area contributed by atoms with Crippen LogP contribution < -0.4 is 15.2 Å². The highest BCUT2D eigenvalue weighted by Gasteiger charge is 2.34. The zero-order chi connectivity index (χ0) is 23.8. The van der Waals surface area contributed by atoms with E-state index >= 15 is 0 Å². The molecule has 0 spiro atoms. The molecule has 10 heteroatoms.